The van der Waals surface area contributed by atoms with Gasteiger partial charge in [-0.15, -0.1) is 0 Å². The molecule has 5 heteroatoms. The second kappa shape index (κ2) is 4.65. The lowest BCUT2D eigenvalue weighted by atomic mass is 10.2. The highest BCUT2D eigenvalue weighted by Gasteiger charge is 2.09. The van der Waals surface area contributed by atoms with Gasteiger partial charge in [0.05, 0.1) is 11.0 Å². The predicted octanol–water partition coefficient (Wildman–Crippen LogP) is 4.65. The Kier molecular flexibility index (Phi) is 3.11. The van der Waals surface area contributed by atoms with Crippen LogP contribution in [0.2, 0.25) is 0 Å². The van der Waals surface area contributed by atoms with Crippen molar-refractivity contribution in [2.75, 3.05) is 5.73 Å². The molecular formula is C14H11Br2N3. The van der Waals surface area contributed by atoms with Crippen LogP contribution in [0.4, 0.5) is 5.69 Å². The summed E-state index contributed by atoms with van der Waals surface area (Å²) in [6.07, 6.45) is 0. The Bertz CT molecular complexity index is 757. The normalized spacial score (nSPS) is 11.1. The number of halogens is 2. The molecule has 0 aliphatic rings. The van der Waals surface area contributed by atoms with Gasteiger partial charge in [0, 0.05) is 20.2 Å². The zero-order valence-corrected chi connectivity index (χ0v) is 13.3. The molecule has 0 aliphatic heterocycles. The van der Waals surface area contributed by atoms with Gasteiger partial charge in [-0.3, -0.25) is 0 Å². The van der Waals surface area contributed by atoms with Crippen molar-refractivity contribution in [3.63, 3.8) is 0 Å². The maximum absolute atomic E-state index is 5.87. The molecule has 0 aliphatic carbocycles. The molecule has 1 aromatic heterocycles. The first-order valence-corrected chi connectivity index (χ1v) is 7.34. The molecule has 19 heavy (non-hydrogen) atoms. The van der Waals surface area contributed by atoms with E-state index in [1.54, 1.807) is 0 Å². The third-order valence-electron chi connectivity index (χ3n) is 2.94. The average molecular weight is 381 g/mol. The van der Waals surface area contributed by atoms with E-state index in [4.69, 9.17) is 5.73 Å². The fraction of sp³-hybridized carbons (Fsp3) is 0.0714. The minimum absolute atomic E-state index is 0.711. The van der Waals surface area contributed by atoms with Crippen molar-refractivity contribution in [3.05, 3.63) is 44.8 Å². The third kappa shape index (κ3) is 2.40. The van der Waals surface area contributed by atoms with Gasteiger partial charge in [0.2, 0.25) is 0 Å². The molecule has 3 nitrogen and oxygen atoms in total. The standard InChI is InChI=1S/C14H11Br2N3/c1-7-2-9(15)6-12-13(7)19-14(18-12)8-3-10(16)5-11(17)4-8/h2-6H,17H2,1H3,(H,18,19). The summed E-state index contributed by atoms with van der Waals surface area (Å²) in [4.78, 5) is 7.98. The summed E-state index contributed by atoms with van der Waals surface area (Å²) < 4.78 is 1.99. The molecule has 0 radical (unpaired) electrons. The third-order valence-corrected chi connectivity index (χ3v) is 3.85. The summed E-state index contributed by atoms with van der Waals surface area (Å²) >= 11 is 6.95. The number of hydrogen-bond donors (Lipinski definition) is 2. The summed E-state index contributed by atoms with van der Waals surface area (Å²) in [5, 5.41) is 0. The van der Waals surface area contributed by atoms with Crippen molar-refractivity contribution in [1.82, 2.24) is 9.97 Å². The van der Waals surface area contributed by atoms with Gasteiger partial charge in [0.15, 0.2) is 0 Å². The number of nitrogens with zero attached hydrogens (tertiary/aromatic N) is 1. The van der Waals surface area contributed by atoms with Crippen LogP contribution < -0.4 is 5.73 Å². The van der Waals surface area contributed by atoms with Crippen LogP contribution in [0.25, 0.3) is 22.4 Å². The van der Waals surface area contributed by atoms with Crippen LogP contribution in [-0.2, 0) is 0 Å². The van der Waals surface area contributed by atoms with E-state index in [0.717, 1.165) is 36.9 Å². The number of imidazole rings is 1. The lowest BCUT2D eigenvalue weighted by molar-refractivity contribution is 1.33. The Morgan fingerprint density at radius 2 is 1.79 bits per heavy atom. The van der Waals surface area contributed by atoms with Crippen LogP contribution in [-0.4, -0.2) is 9.97 Å². The summed E-state index contributed by atoms with van der Waals surface area (Å²) in [5.41, 5.74) is 10.7. The van der Waals surface area contributed by atoms with Crippen molar-refractivity contribution in [3.8, 4) is 11.4 Å². The van der Waals surface area contributed by atoms with Crippen molar-refractivity contribution in [1.29, 1.82) is 0 Å². The number of rotatable bonds is 1. The van der Waals surface area contributed by atoms with E-state index in [1.807, 2.05) is 31.2 Å². The number of H-pyrrole nitrogens is 1. The molecule has 0 saturated carbocycles. The topological polar surface area (TPSA) is 54.7 Å². The molecule has 3 N–H and O–H groups in total. The van der Waals surface area contributed by atoms with Crippen LogP contribution in [0.1, 0.15) is 5.56 Å². The van der Waals surface area contributed by atoms with Crippen molar-refractivity contribution < 1.29 is 0 Å². The Balaban J connectivity index is 2.23. The predicted molar refractivity (Wildman–Crippen MR) is 86.1 cm³/mol. The molecule has 1 heterocycles. The molecule has 0 bridgehead atoms. The highest BCUT2D eigenvalue weighted by molar-refractivity contribution is 9.10. The number of anilines is 1. The quantitative estimate of drug-likeness (QED) is 0.604. The summed E-state index contributed by atoms with van der Waals surface area (Å²) in [7, 11) is 0. The summed E-state index contributed by atoms with van der Waals surface area (Å²) in [5.74, 6) is 0.823. The van der Waals surface area contributed by atoms with E-state index in [2.05, 4.69) is 47.9 Å². The molecule has 2 aromatic carbocycles. The highest BCUT2D eigenvalue weighted by Crippen LogP contribution is 2.28. The molecule has 0 fully saturated rings. The highest BCUT2D eigenvalue weighted by atomic mass is 79.9. The number of nitrogens with one attached hydrogen (secondary N) is 1. The largest absolute Gasteiger partial charge is 0.399 e. The van der Waals surface area contributed by atoms with Crippen molar-refractivity contribution in [2.45, 2.75) is 6.92 Å². The van der Waals surface area contributed by atoms with Crippen LogP contribution in [0.3, 0.4) is 0 Å². The van der Waals surface area contributed by atoms with E-state index in [1.165, 1.54) is 0 Å². The molecule has 96 valence electrons. The second-order valence-electron chi connectivity index (χ2n) is 4.48. The molecule has 0 atom stereocenters. The molecule has 0 unspecified atom stereocenters. The molecule has 0 spiro atoms. The minimum Gasteiger partial charge on any atom is -0.399 e. The average Bonchev–Trinajstić information content (AvgIpc) is 2.71. The van der Waals surface area contributed by atoms with Crippen molar-refractivity contribution in [2.24, 2.45) is 0 Å². The van der Waals surface area contributed by atoms with Gasteiger partial charge >= 0.3 is 0 Å². The Morgan fingerprint density at radius 1 is 1.05 bits per heavy atom. The molecule has 0 amide bonds. The summed E-state index contributed by atoms with van der Waals surface area (Å²) in [6, 6.07) is 9.86. The van der Waals surface area contributed by atoms with Crippen LogP contribution in [0.5, 0.6) is 0 Å². The fourth-order valence-corrected chi connectivity index (χ4v) is 3.22. The van der Waals surface area contributed by atoms with Gasteiger partial charge in [-0.1, -0.05) is 31.9 Å². The zero-order valence-electron chi connectivity index (χ0n) is 10.2. The number of aryl methyl sites for hydroxylation is 1. The van der Waals surface area contributed by atoms with E-state index in [9.17, 15) is 0 Å². The van der Waals surface area contributed by atoms with E-state index in [0.29, 0.717) is 5.69 Å². The summed E-state index contributed by atoms with van der Waals surface area (Å²) in [6.45, 7) is 2.05. The monoisotopic (exact) mass is 379 g/mol. The Labute approximate surface area is 127 Å². The van der Waals surface area contributed by atoms with Crippen LogP contribution >= 0.6 is 31.9 Å². The first-order chi connectivity index (χ1) is 9.02. The lowest BCUT2D eigenvalue weighted by Crippen LogP contribution is -1.87. The van der Waals surface area contributed by atoms with Gasteiger partial charge in [0.25, 0.3) is 0 Å². The number of aromatic amines is 1. The zero-order chi connectivity index (χ0) is 13.6. The van der Waals surface area contributed by atoms with Crippen LogP contribution in [0, 0.1) is 6.92 Å². The number of nitrogen functional groups attached to an aromatic ring is 1. The van der Waals surface area contributed by atoms with Gasteiger partial charge in [-0.05, 0) is 42.8 Å². The fourth-order valence-electron chi connectivity index (χ4n) is 2.13. The molecule has 3 rings (SSSR count). The SMILES string of the molecule is Cc1cc(Br)cc2[nH]c(-c3cc(N)cc(Br)c3)nc12. The van der Waals surface area contributed by atoms with Gasteiger partial charge in [-0.2, -0.15) is 0 Å². The van der Waals surface area contributed by atoms with Gasteiger partial charge in [-0.25, -0.2) is 4.98 Å². The number of nitrogens with two attached hydrogens (primary N) is 1. The first kappa shape index (κ1) is 12.7. The lowest BCUT2D eigenvalue weighted by Gasteiger charge is -2.00. The second-order valence-corrected chi connectivity index (χ2v) is 6.31. The first-order valence-electron chi connectivity index (χ1n) is 5.75. The van der Waals surface area contributed by atoms with Crippen LogP contribution in [0.15, 0.2) is 39.3 Å². The van der Waals surface area contributed by atoms with E-state index >= 15 is 0 Å². The minimum atomic E-state index is 0.711. The molecule has 3 aromatic rings. The number of hydrogen-bond acceptors (Lipinski definition) is 2. The number of aromatic nitrogens is 2. The molecule has 0 saturated heterocycles. The smallest absolute Gasteiger partial charge is 0.138 e. The number of fused-ring (bicyclic) bond motifs is 1. The Morgan fingerprint density at radius 3 is 2.53 bits per heavy atom. The maximum Gasteiger partial charge on any atom is 0.138 e. The van der Waals surface area contributed by atoms with E-state index in [-0.39, 0.29) is 0 Å². The van der Waals surface area contributed by atoms with Gasteiger partial charge in [0.1, 0.15) is 5.82 Å². The van der Waals surface area contributed by atoms with Gasteiger partial charge < -0.3 is 10.7 Å². The molecular weight excluding hydrogens is 370 g/mol. The van der Waals surface area contributed by atoms with Crippen molar-refractivity contribution >= 4 is 48.6 Å². The number of benzene rings is 2. The van der Waals surface area contributed by atoms with E-state index < -0.39 is 0 Å². The maximum atomic E-state index is 5.87. The Hall–Kier alpha value is -1.33.